The van der Waals surface area contributed by atoms with E-state index in [0.29, 0.717) is 11.3 Å². The molecule has 0 saturated carbocycles. The molecule has 4 nitrogen and oxygen atoms in total. The number of amides is 1. The average Bonchev–Trinajstić information content (AvgIpc) is 3.04. The predicted octanol–water partition coefficient (Wildman–Crippen LogP) is 3.72. The Hall–Kier alpha value is -2.04. The molecule has 5 heteroatoms. The van der Waals surface area contributed by atoms with Crippen LogP contribution in [0.5, 0.6) is 11.5 Å². The molecule has 24 heavy (non-hydrogen) atoms. The third kappa shape index (κ3) is 4.28. The second kappa shape index (κ2) is 8.71. The summed E-state index contributed by atoms with van der Waals surface area (Å²) in [6, 6.07) is 17.3. The van der Waals surface area contributed by atoms with Crippen LogP contribution in [0.4, 0.5) is 0 Å². The molecule has 1 aliphatic rings. The molecule has 1 amide bonds. The van der Waals surface area contributed by atoms with Crippen LogP contribution in [-0.2, 0) is 0 Å². The molecule has 2 aromatic carbocycles. The van der Waals surface area contributed by atoms with Crippen molar-refractivity contribution in [3.8, 4) is 11.5 Å². The Labute approximate surface area is 149 Å². The Morgan fingerprint density at radius 2 is 1.92 bits per heavy atom. The van der Waals surface area contributed by atoms with Gasteiger partial charge in [-0.25, -0.2) is 0 Å². The summed E-state index contributed by atoms with van der Waals surface area (Å²) in [6.07, 6.45) is 2.13. The van der Waals surface area contributed by atoms with E-state index in [0.717, 1.165) is 31.7 Å². The SMILES string of the molecule is CNCC1CCCN1C(=O)c1cccc(Oc2ccccc2)c1.Cl. The number of hydrogen-bond acceptors (Lipinski definition) is 3. The molecule has 1 saturated heterocycles. The van der Waals surface area contributed by atoms with Crippen LogP contribution in [0.25, 0.3) is 0 Å². The van der Waals surface area contributed by atoms with Gasteiger partial charge >= 0.3 is 0 Å². The first kappa shape index (κ1) is 18.3. The quantitative estimate of drug-likeness (QED) is 0.897. The largest absolute Gasteiger partial charge is 0.457 e. The van der Waals surface area contributed by atoms with E-state index in [1.165, 1.54) is 0 Å². The number of likely N-dealkylation sites (N-methyl/N-ethyl adjacent to an activating group) is 1. The number of nitrogens with one attached hydrogen (secondary N) is 1. The molecule has 0 spiro atoms. The average molecular weight is 347 g/mol. The van der Waals surface area contributed by atoms with Crippen molar-refractivity contribution in [2.24, 2.45) is 0 Å². The Morgan fingerprint density at radius 1 is 1.17 bits per heavy atom. The summed E-state index contributed by atoms with van der Waals surface area (Å²) in [5.74, 6) is 1.54. The van der Waals surface area contributed by atoms with E-state index in [1.807, 2.05) is 66.5 Å². The van der Waals surface area contributed by atoms with Gasteiger partial charge in [-0.2, -0.15) is 0 Å². The van der Waals surface area contributed by atoms with Crippen molar-refractivity contribution in [2.75, 3.05) is 20.1 Å². The van der Waals surface area contributed by atoms with Gasteiger partial charge < -0.3 is 15.0 Å². The standard InChI is InChI=1S/C19H22N2O2.ClH/c1-20-14-16-8-6-12-21(16)19(22)15-7-5-11-18(13-15)23-17-9-3-2-4-10-17;/h2-5,7,9-11,13,16,20H,6,8,12,14H2,1H3;1H. The molecule has 0 radical (unpaired) electrons. The second-order valence-electron chi connectivity index (χ2n) is 5.80. The van der Waals surface area contributed by atoms with Crippen LogP contribution in [0, 0.1) is 0 Å². The number of rotatable bonds is 5. The summed E-state index contributed by atoms with van der Waals surface area (Å²) >= 11 is 0. The molecule has 1 fully saturated rings. The number of carbonyl (C=O) groups excluding carboxylic acids is 1. The number of hydrogen-bond donors (Lipinski definition) is 1. The summed E-state index contributed by atoms with van der Waals surface area (Å²) < 4.78 is 5.82. The number of benzene rings is 2. The van der Waals surface area contributed by atoms with E-state index in [-0.39, 0.29) is 24.4 Å². The molecule has 1 atom stereocenters. The zero-order chi connectivity index (χ0) is 16.1. The van der Waals surface area contributed by atoms with Crippen molar-refractivity contribution in [3.05, 3.63) is 60.2 Å². The van der Waals surface area contributed by atoms with E-state index >= 15 is 0 Å². The van der Waals surface area contributed by atoms with Gasteiger partial charge in [0.05, 0.1) is 0 Å². The highest BCUT2D eigenvalue weighted by atomic mass is 35.5. The van der Waals surface area contributed by atoms with Gasteiger partial charge in [-0.1, -0.05) is 24.3 Å². The maximum absolute atomic E-state index is 12.8. The molecular weight excluding hydrogens is 324 g/mol. The van der Waals surface area contributed by atoms with Gasteiger partial charge in [-0.15, -0.1) is 12.4 Å². The lowest BCUT2D eigenvalue weighted by molar-refractivity contribution is 0.0736. The first-order valence-corrected chi connectivity index (χ1v) is 8.06. The molecule has 0 aromatic heterocycles. The number of nitrogens with zero attached hydrogens (tertiary/aromatic N) is 1. The predicted molar refractivity (Wildman–Crippen MR) is 98.2 cm³/mol. The smallest absolute Gasteiger partial charge is 0.254 e. The molecular formula is C19H23ClN2O2. The van der Waals surface area contributed by atoms with Crippen LogP contribution in [-0.4, -0.2) is 37.0 Å². The van der Waals surface area contributed by atoms with Crippen molar-refractivity contribution in [3.63, 3.8) is 0 Å². The maximum Gasteiger partial charge on any atom is 0.254 e. The number of halogens is 1. The number of likely N-dealkylation sites (tertiary alicyclic amines) is 1. The van der Waals surface area contributed by atoms with Crippen molar-refractivity contribution in [1.29, 1.82) is 0 Å². The van der Waals surface area contributed by atoms with Gasteiger partial charge in [-0.3, -0.25) is 4.79 Å². The highest BCUT2D eigenvalue weighted by Gasteiger charge is 2.28. The van der Waals surface area contributed by atoms with E-state index in [4.69, 9.17) is 4.74 Å². The number of para-hydroxylation sites is 1. The topological polar surface area (TPSA) is 41.6 Å². The van der Waals surface area contributed by atoms with E-state index < -0.39 is 0 Å². The summed E-state index contributed by atoms with van der Waals surface area (Å²) in [4.78, 5) is 14.7. The fraction of sp³-hybridized carbons (Fsp3) is 0.316. The van der Waals surface area contributed by atoms with Crippen LogP contribution in [0.1, 0.15) is 23.2 Å². The Bertz CT molecular complexity index is 663. The minimum absolute atomic E-state index is 0. The summed E-state index contributed by atoms with van der Waals surface area (Å²) in [5, 5.41) is 3.17. The molecule has 1 heterocycles. The van der Waals surface area contributed by atoms with Crippen LogP contribution in [0.2, 0.25) is 0 Å². The molecule has 0 bridgehead atoms. The summed E-state index contributed by atoms with van der Waals surface area (Å²) in [7, 11) is 1.93. The van der Waals surface area contributed by atoms with Crippen molar-refractivity contribution >= 4 is 18.3 Å². The third-order valence-electron chi connectivity index (χ3n) is 4.14. The van der Waals surface area contributed by atoms with Crippen LogP contribution < -0.4 is 10.1 Å². The molecule has 1 unspecified atom stereocenters. The molecule has 3 rings (SSSR count). The normalized spacial score (nSPS) is 16.5. The lowest BCUT2D eigenvalue weighted by Gasteiger charge is -2.24. The minimum Gasteiger partial charge on any atom is -0.457 e. The summed E-state index contributed by atoms with van der Waals surface area (Å²) in [6.45, 7) is 1.67. The van der Waals surface area contributed by atoms with Crippen LogP contribution in [0.3, 0.4) is 0 Å². The van der Waals surface area contributed by atoms with Gasteiger partial charge in [0.2, 0.25) is 0 Å². The highest BCUT2D eigenvalue weighted by Crippen LogP contribution is 2.24. The maximum atomic E-state index is 12.8. The van der Waals surface area contributed by atoms with Crippen LogP contribution >= 0.6 is 12.4 Å². The fourth-order valence-corrected chi connectivity index (χ4v) is 3.03. The van der Waals surface area contributed by atoms with Gasteiger partial charge in [-0.05, 0) is 50.2 Å². The zero-order valence-electron chi connectivity index (χ0n) is 13.8. The second-order valence-corrected chi connectivity index (χ2v) is 5.80. The third-order valence-corrected chi connectivity index (χ3v) is 4.14. The number of ether oxygens (including phenoxy) is 1. The monoisotopic (exact) mass is 346 g/mol. The van der Waals surface area contributed by atoms with Crippen LogP contribution in [0.15, 0.2) is 54.6 Å². The van der Waals surface area contributed by atoms with E-state index in [2.05, 4.69) is 5.32 Å². The Kier molecular flexibility index (Phi) is 6.64. The molecule has 1 aliphatic heterocycles. The fourth-order valence-electron chi connectivity index (χ4n) is 3.03. The lowest BCUT2D eigenvalue weighted by atomic mass is 10.1. The molecule has 1 N–H and O–H groups in total. The first-order chi connectivity index (χ1) is 11.3. The number of carbonyl (C=O) groups is 1. The molecule has 2 aromatic rings. The van der Waals surface area contributed by atoms with Crippen molar-refractivity contribution in [2.45, 2.75) is 18.9 Å². The Balaban J connectivity index is 0.00000208. The van der Waals surface area contributed by atoms with Gasteiger partial charge in [0.1, 0.15) is 11.5 Å². The van der Waals surface area contributed by atoms with Gasteiger partial charge in [0.25, 0.3) is 5.91 Å². The Morgan fingerprint density at radius 3 is 2.67 bits per heavy atom. The van der Waals surface area contributed by atoms with Crippen molar-refractivity contribution < 1.29 is 9.53 Å². The molecule has 0 aliphatic carbocycles. The van der Waals surface area contributed by atoms with Gasteiger partial charge in [0.15, 0.2) is 0 Å². The summed E-state index contributed by atoms with van der Waals surface area (Å²) in [5.41, 5.74) is 0.682. The first-order valence-electron chi connectivity index (χ1n) is 8.06. The minimum atomic E-state index is 0. The highest BCUT2D eigenvalue weighted by molar-refractivity contribution is 5.95. The zero-order valence-corrected chi connectivity index (χ0v) is 14.6. The van der Waals surface area contributed by atoms with Crippen molar-refractivity contribution in [1.82, 2.24) is 10.2 Å². The van der Waals surface area contributed by atoms with E-state index in [1.54, 1.807) is 0 Å². The van der Waals surface area contributed by atoms with Gasteiger partial charge in [0, 0.05) is 24.7 Å². The van der Waals surface area contributed by atoms with E-state index in [9.17, 15) is 4.79 Å². The molecule has 128 valence electrons. The lowest BCUT2D eigenvalue weighted by Crippen LogP contribution is -2.40.